The lowest BCUT2D eigenvalue weighted by Crippen LogP contribution is -2.24. The second kappa shape index (κ2) is 8.60. The highest BCUT2D eigenvalue weighted by Gasteiger charge is 2.11. The number of tetrazole rings is 1. The van der Waals surface area contributed by atoms with E-state index in [1.165, 1.54) is 6.07 Å². The van der Waals surface area contributed by atoms with Crippen LogP contribution in [0.5, 0.6) is 0 Å². The summed E-state index contributed by atoms with van der Waals surface area (Å²) < 4.78 is 1.76. The minimum absolute atomic E-state index is 0.0161. The van der Waals surface area contributed by atoms with Gasteiger partial charge in [0.25, 0.3) is 5.56 Å². The Morgan fingerprint density at radius 2 is 1.79 bits per heavy atom. The molecule has 7 nitrogen and oxygen atoms in total. The molecule has 0 saturated heterocycles. The minimum Gasteiger partial charge on any atom is -0.292 e. The standard InChI is InChI=1S/C22H22N6O/c1-2-3-8-20-23-14-13-21(29)28(20)15-16-9-11-17(12-10-16)18-6-4-5-7-19(18)22-24-26-27-25-22/h4-7,9-14H,2-3,8,15H2,1H3,(H,24,25,26,27). The summed E-state index contributed by atoms with van der Waals surface area (Å²) in [7, 11) is 0. The Balaban J connectivity index is 1.62. The Morgan fingerprint density at radius 3 is 2.52 bits per heavy atom. The third-order valence-electron chi connectivity index (χ3n) is 4.89. The van der Waals surface area contributed by atoms with Crippen molar-refractivity contribution in [2.45, 2.75) is 32.7 Å². The number of nitrogens with one attached hydrogen (secondary N) is 1. The molecule has 0 aliphatic rings. The van der Waals surface area contributed by atoms with Gasteiger partial charge >= 0.3 is 0 Å². The van der Waals surface area contributed by atoms with Gasteiger partial charge in [-0.3, -0.25) is 9.36 Å². The highest BCUT2D eigenvalue weighted by atomic mass is 16.1. The summed E-state index contributed by atoms with van der Waals surface area (Å²) in [6.45, 7) is 2.65. The van der Waals surface area contributed by atoms with Gasteiger partial charge < -0.3 is 0 Å². The fourth-order valence-electron chi connectivity index (χ4n) is 3.36. The molecule has 0 saturated carbocycles. The fraction of sp³-hybridized carbons (Fsp3) is 0.227. The van der Waals surface area contributed by atoms with Crippen LogP contribution in [0.2, 0.25) is 0 Å². The Morgan fingerprint density at radius 1 is 1.00 bits per heavy atom. The summed E-state index contributed by atoms with van der Waals surface area (Å²) in [6.07, 6.45) is 4.49. The van der Waals surface area contributed by atoms with Crippen molar-refractivity contribution in [3.8, 4) is 22.5 Å². The van der Waals surface area contributed by atoms with Crippen LogP contribution in [0.3, 0.4) is 0 Å². The molecule has 4 aromatic rings. The smallest absolute Gasteiger partial charge is 0.253 e. The molecule has 0 aliphatic carbocycles. The van der Waals surface area contributed by atoms with Crippen LogP contribution < -0.4 is 5.56 Å². The van der Waals surface area contributed by atoms with Gasteiger partial charge in [0.15, 0.2) is 0 Å². The molecular formula is C22H22N6O. The van der Waals surface area contributed by atoms with Crippen LogP contribution in [-0.2, 0) is 13.0 Å². The van der Waals surface area contributed by atoms with E-state index in [-0.39, 0.29) is 5.56 Å². The lowest BCUT2D eigenvalue weighted by atomic mass is 9.98. The van der Waals surface area contributed by atoms with Crippen molar-refractivity contribution in [1.82, 2.24) is 30.2 Å². The largest absolute Gasteiger partial charge is 0.292 e. The molecule has 7 heteroatoms. The molecule has 0 atom stereocenters. The van der Waals surface area contributed by atoms with Crippen LogP contribution in [0, 0.1) is 0 Å². The van der Waals surface area contributed by atoms with Crippen molar-refractivity contribution in [2.75, 3.05) is 0 Å². The summed E-state index contributed by atoms with van der Waals surface area (Å²) in [5.74, 6) is 1.40. The Bertz CT molecular complexity index is 1130. The summed E-state index contributed by atoms with van der Waals surface area (Å²) in [6, 6.07) is 17.7. The summed E-state index contributed by atoms with van der Waals surface area (Å²) in [5, 5.41) is 14.4. The maximum Gasteiger partial charge on any atom is 0.253 e. The molecule has 0 radical (unpaired) electrons. The van der Waals surface area contributed by atoms with Gasteiger partial charge in [-0.1, -0.05) is 61.9 Å². The van der Waals surface area contributed by atoms with Crippen molar-refractivity contribution >= 4 is 0 Å². The zero-order valence-corrected chi connectivity index (χ0v) is 16.2. The average Bonchev–Trinajstić information content (AvgIpc) is 3.29. The first kappa shape index (κ1) is 18.7. The van der Waals surface area contributed by atoms with Crippen molar-refractivity contribution in [3.05, 3.63) is 82.5 Å². The van der Waals surface area contributed by atoms with E-state index in [0.717, 1.165) is 47.3 Å². The summed E-state index contributed by atoms with van der Waals surface area (Å²) in [4.78, 5) is 16.8. The first-order valence-electron chi connectivity index (χ1n) is 9.73. The molecule has 2 heterocycles. The maximum atomic E-state index is 12.4. The fourth-order valence-corrected chi connectivity index (χ4v) is 3.36. The molecule has 1 N–H and O–H groups in total. The quantitative estimate of drug-likeness (QED) is 0.525. The Kier molecular flexibility index (Phi) is 5.56. The maximum absolute atomic E-state index is 12.4. The molecule has 0 amide bonds. The zero-order valence-electron chi connectivity index (χ0n) is 16.2. The van der Waals surface area contributed by atoms with Crippen molar-refractivity contribution in [1.29, 1.82) is 0 Å². The second-order valence-corrected chi connectivity index (χ2v) is 6.87. The molecule has 0 aliphatic heterocycles. The van der Waals surface area contributed by atoms with Gasteiger partial charge in [0.05, 0.1) is 6.54 Å². The first-order chi connectivity index (χ1) is 14.3. The topological polar surface area (TPSA) is 89.4 Å². The van der Waals surface area contributed by atoms with Gasteiger partial charge in [-0.15, -0.1) is 10.2 Å². The van der Waals surface area contributed by atoms with E-state index in [0.29, 0.717) is 12.4 Å². The van der Waals surface area contributed by atoms with E-state index < -0.39 is 0 Å². The number of aromatic amines is 1. The first-order valence-corrected chi connectivity index (χ1v) is 9.73. The van der Waals surface area contributed by atoms with Crippen molar-refractivity contribution in [3.63, 3.8) is 0 Å². The predicted molar refractivity (Wildman–Crippen MR) is 111 cm³/mol. The Labute approximate surface area is 168 Å². The number of hydrogen-bond donors (Lipinski definition) is 1. The molecule has 2 aromatic heterocycles. The lowest BCUT2D eigenvalue weighted by molar-refractivity contribution is 0.637. The molecular weight excluding hydrogens is 364 g/mol. The predicted octanol–water partition coefficient (Wildman–Crippen LogP) is 3.48. The van der Waals surface area contributed by atoms with Gasteiger partial charge in [0, 0.05) is 24.2 Å². The third-order valence-corrected chi connectivity index (χ3v) is 4.89. The van der Waals surface area contributed by atoms with Crippen LogP contribution in [0.15, 0.2) is 65.6 Å². The number of aryl methyl sites for hydroxylation is 1. The molecule has 29 heavy (non-hydrogen) atoms. The highest BCUT2D eigenvalue weighted by Crippen LogP contribution is 2.29. The number of benzene rings is 2. The molecule has 2 aromatic carbocycles. The van der Waals surface area contributed by atoms with Crippen LogP contribution in [0.25, 0.3) is 22.5 Å². The number of rotatable bonds is 7. The van der Waals surface area contributed by atoms with Crippen LogP contribution >= 0.6 is 0 Å². The van der Waals surface area contributed by atoms with Crippen molar-refractivity contribution in [2.24, 2.45) is 0 Å². The van der Waals surface area contributed by atoms with Gasteiger partial charge in [0.2, 0.25) is 5.82 Å². The monoisotopic (exact) mass is 386 g/mol. The van der Waals surface area contributed by atoms with Crippen LogP contribution in [0.1, 0.15) is 31.2 Å². The number of nitrogens with zero attached hydrogens (tertiary/aromatic N) is 5. The SMILES string of the molecule is CCCCc1nccc(=O)n1Cc1ccc(-c2ccccc2-c2nn[nH]n2)cc1. The van der Waals surface area contributed by atoms with Crippen molar-refractivity contribution < 1.29 is 0 Å². The summed E-state index contributed by atoms with van der Waals surface area (Å²) in [5.41, 5.74) is 4.04. The zero-order chi connectivity index (χ0) is 20.1. The van der Waals surface area contributed by atoms with E-state index in [4.69, 9.17) is 0 Å². The summed E-state index contributed by atoms with van der Waals surface area (Å²) >= 11 is 0. The molecule has 0 spiro atoms. The molecule has 4 rings (SSSR count). The van der Waals surface area contributed by atoms with E-state index >= 15 is 0 Å². The van der Waals surface area contributed by atoms with Gasteiger partial charge in [-0.2, -0.15) is 5.21 Å². The number of H-pyrrole nitrogens is 1. The third kappa shape index (κ3) is 4.13. The second-order valence-electron chi connectivity index (χ2n) is 6.87. The van der Waals surface area contributed by atoms with Crippen LogP contribution in [-0.4, -0.2) is 30.2 Å². The van der Waals surface area contributed by atoms with Gasteiger partial charge in [-0.05, 0) is 28.3 Å². The number of hydrogen-bond acceptors (Lipinski definition) is 5. The number of unbranched alkanes of at least 4 members (excludes halogenated alkanes) is 1. The van der Waals surface area contributed by atoms with Crippen LogP contribution in [0.4, 0.5) is 0 Å². The highest BCUT2D eigenvalue weighted by molar-refractivity contribution is 5.80. The van der Waals surface area contributed by atoms with E-state index in [1.54, 1.807) is 10.8 Å². The van der Waals surface area contributed by atoms with Gasteiger partial charge in [0.1, 0.15) is 5.82 Å². The van der Waals surface area contributed by atoms with E-state index in [2.05, 4.69) is 44.7 Å². The van der Waals surface area contributed by atoms with E-state index in [1.807, 2.05) is 36.4 Å². The van der Waals surface area contributed by atoms with E-state index in [9.17, 15) is 4.79 Å². The lowest BCUT2D eigenvalue weighted by Gasteiger charge is -2.12. The molecule has 0 bridgehead atoms. The number of aromatic nitrogens is 6. The van der Waals surface area contributed by atoms with Gasteiger partial charge in [-0.25, -0.2) is 4.98 Å². The normalized spacial score (nSPS) is 10.9. The molecule has 146 valence electrons. The Hall–Kier alpha value is -3.61. The minimum atomic E-state index is -0.0161. The molecule has 0 unspecified atom stereocenters. The molecule has 0 fully saturated rings. The average molecular weight is 386 g/mol.